The van der Waals surface area contributed by atoms with Crippen LogP contribution in [-0.2, 0) is 23.2 Å². The van der Waals surface area contributed by atoms with Gasteiger partial charge in [0.15, 0.2) is 0 Å². The fourth-order valence-corrected chi connectivity index (χ4v) is 6.14. The van der Waals surface area contributed by atoms with E-state index >= 15 is 0 Å². The number of phosphoric acid groups is 1. The molecule has 0 rings (SSSR count). The molecule has 0 saturated carbocycles. The second-order valence-corrected chi connectivity index (χ2v) is 15.9. The molecular weight excluding hydrogens is 631 g/mol. The molecule has 3 atom stereocenters. The number of phosphoric ester groups is 1. The maximum atomic E-state index is 12.9. The molecule has 0 aromatic heterocycles. The zero-order valence-corrected chi connectivity index (χ0v) is 32.0. The van der Waals surface area contributed by atoms with Crippen LogP contribution in [0.5, 0.6) is 0 Å². The van der Waals surface area contributed by atoms with Gasteiger partial charge in [0.2, 0.25) is 7.34 Å². The third kappa shape index (κ3) is 33.2. The van der Waals surface area contributed by atoms with Crippen LogP contribution in [0.4, 0.5) is 0 Å². The number of nitrogens with zero attached hydrogens (tertiary/aromatic N) is 1. The highest BCUT2D eigenvalue weighted by Gasteiger charge is 2.27. The second kappa shape index (κ2) is 30.5. The molecule has 0 aliphatic rings. The second-order valence-electron chi connectivity index (χ2n) is 14.4. The van der Waals surface area contributed by atoms with E-state index in [4.69, 9.17) is 20.7 Å². The number of unbranched alkanes of at least 4 members (excludes halogenated alkanes) is 20. The third-order valence-corrected chi connectivity index (χ3v) is 9.51. The molecule has 0 saturated heterocycles. The Kier molecular flexibility index (Phi) is 28.4. The lowest BCUT2D eigenvalue weighted by molar-refractivity contribution is -0.870. The van der Waals surface area contributed by atoms with Gasteiger partial charge in [0.25, 0.3) is 0 Å². The normalized spacial score (nSPS) is 14.9. The summed E-state index contributed by atoms with van der Waals surface area (Å²) in [7, 11) is 1.49. The summed E-state index contributed by atoms with van der Waals surface area (Å²) in [5.41, 5.74) is 0. The monoisotopic (exact) mass is 708 g/mol. The minimum Gasteiger partial charge on any atom is -0.481 e. The van der Waals surface area contributed by atoms with Gasteiger partial charge in [0, 0.05) is 12.8 Å². The van der Waals surface area contributed by atoms with Crippen molar-refractivity contribution in [1.82, 2.24) is 5.32 Å². The number of quaternary nitrogens is 1. The van der Waals surface area contributed by atoms with Crippen molar-refractivity contribution in [2.75, 3.05) is 40.9 Å². The van der Waals surface area contributed by atoms with Crippen molar-refractivity contribution in [3.63, 3.8) is 0 Å². The van der Waals surface area contributed by atoms with E-state index in [9.17, 15) is 19.0 Å². The lowest BCUT2D eigenvalue weighted by atomic mass is 10.0. The third-order valence-electron chi connectivity index (χ3n) is 8.52. The van der Waals surface area contributed by atoms with Crippen LogP contribution in [0, 0.1) is 0 Å². The number of carboxylic acid groups (broad SMARTS) is 1. The van der Waals surface area contributed by atoms with Crippen LogP contribution in [-0.4, -0.2) is 85.9 Å². The summed E-state index contributed by atoms with van der Waals surface area (Å²) in [6.45, 7) is 2.47. The minimum atomic E-state index is -4.36. The first-order valence-electron chi connectivity index (χ1n) is 19.5. The topological polar surface area (TPSA) is 142 Å². The number of hydrogen-bond acceptors (Lipinski definition) is 6. The van der Waals surface area contributed by atoms with E-state index in [2.05, 4.69) is 12.2 Å². The smallest absolute Gasteiger partial charge is 0.472 e. The van der Waals surface area contributed by atoms with Crippen LogP contribution in [0.15, 0.2) is 12.2 Å². The molecule has 0 spiro atoms. The van der Waals surface area contributed by atoms with E-state index < -0.39 is 25.9 Å². The fourth-order valence-electron chi connectivity index (χ4n) is 5.41. The number of carbonyl (C=O) groups is 2. The number of nitrogens with one attached hydrogen (secondary N) is 1. The molecule has 1 amide bonds. The van der Waals surface area contributed by atoms with Crippen LogP contribution < -0.4 is 5.32 Å². The molecule has 0 aromatic rings. The highest BCUT2D eigenvalue weighted by molar-refractivity contribution is 7.47. The lowest BCUT2D eigenvalue weighted by Gasteiger charge is -2.25. The molecular formula is C37H74N2O8P+. The van der Waals surface area contributed by atoms with Gasteiger partial charge in [-0.25, -0.2) is 4.57 Å². The molecule has 3 unspecified atom stereocenters. The Labute approximate surface area is 295 Å². The number of rotatable bonds is 36. The molecule has 0 bridgehead atoms. The summed E-state index contributed by atoms with van der Waals surface area (Å²) in [5, 5.41) is 16.5. The molecule has 11 heteroatoms. The Balaban J connectivity index is 4.65. The molecule has 48 heavy (non-hydrogen) atoms. The van der Waals surface area contributed by atoms with E-state index in [0.717, 1.165) is 83.5 Å². The number of amides is 1. The average Bonchev–Trinajstić information content (AvgIpc) is 3.03. The molecule has 0 aromatic carbocycles. The van der Waals surface area contributed by atoms with Gasteiger partial charge >= 0.3 is 13.8 Å². The van der Waals surface area contributed by atoms with Gasteiger partial charge in [-0.2, -0.15) is 0 Å². The number of aliphatic hydroxyl groups is 1. The van der Waals surface area contributed by atoms with Gasteiger partial charge in [-0.3, -0.25) is 18.6 Å². The van der Waals surface area contributed by atoms with Crippen molar-refractivity contribution in [1.29, 1.82) is 1.43 Å². The zero-order chi connectivity index (χ0) is 36.6. The Morgan fingerprint density at radius 2 is 1.25 bits per heavy atom. The predicted octanol–water partition coefficient (Wildman–Crippen LogP) is 8.70. The van der Waals surface area contributed by atoms with E-state index in [-0.39, 0.29) is 25.5 Å². The standard InChI is InChI=1S/C37H73N2O8P/c1-5-6-7-8-9-10-11-12-13-16-19-22-25-28-35(40)34(33-47-48(44,45)46-32-31-39(2,3)4)38-36(41)29-26-23-20-17-14-15-18-21-24-27-30-37(42)43/h25,28,34-35,40H,5-24,26-27,29-33H2,1-4H3,(H2-,38,41,42,43,44,45)/p+1/i40T. The van der Waals surface area contributed by atoms with Gasteiger partial charge < -0.3 is 24.9 Å². The van der Waals surface area contributed by atoms with Crippen molar-refractivity contribution in [3.05, 3.63) is 12.2 Å². The van der Waals surface area contributed by atoms with Crippen molar-refractivity contribution < 1.29 is 42.8 Å². The Morgan fingerprint density at radius 3 is 1.73 bits per heavy atom. The largest absolute Gasteiger partial charge is 0.481 e. The first-order chi connectivity index (χ1) is 23.4. The number of carbonyl (C=O) groups excluding carboxylic acids is 1. The van der Waals surface area contributed by atoms with E-state index in [0.29, 0.717) is 17.4 Å². The van der Waals surface area contributed by atoms with Crippen molar-refractivity contribution in [2.24, 2.45) is 0 Å². The zero-order valence-electron chi connectivity index (χ0n) is 32.1. The molecule has 0 fully saturated rings. The van der Waals surface area contributed by atoms with E-state index in [1.54, 1.807) is 6.08 Å². The average molecular weight is 708 g/mol. The fraction of sp³-hybridized carbons (Fsp3) is 0.892. The summed E-state index contributed by atoms with van der Waals surface area (Å²) in [5.74, 6) is -0.939. The van der Waals surface area contributed by atoms with Gasteiger partial charge in [0.1, 0.15) is 13.2 Å². The number of likely N-dealkylation sites (N-methyl/N-ethyl adjacent to an activating group) is 1. The molecule has 10 nitrogen and oxygen atoms in total. The van der Waals surface area contributed by atoms with Crippen molar-refractivity contribution >= 4 is 19.7 Å². The maximum Gasteiger partial charge on any atom is 0.472 e. The van der Waals surface area contributed by atoms with Gasteiger partial charge in [-0.05, 0) is 25.7 Å². The van der Waals surface area contributed by atoms with Crippen LogP contribution in [0.3, 0.4) is 0 Å². The summed E-state index contributed by atoms with van der Waals surface area (Å²) in [6.07, 6.45) is 28.2. The number of aliphatic carboxylic acids is 1. The van der Waals surface area contributed by atoms with E-state index in [1.807, 2.05) is 27.2 Å². The quantitative estimate of drug-likeness (QED) is 0.0219. The predicted molar refractivity (Wildman–Crippen MR) is 196 cm³/mol. The Bertz CT molecular complexity index is 887. The summed E-state index contributed by atoms with van der Waals surface area (Å²) >= 11 is 0. The van der Waals surface area contributed by atoms with Crippen LogP contribution in [0.25, 0.3) is 0 Å². The Morgan fingerprint density at radius 1 is 0.771 bits per heavy atom. The highest BCUT2D eigenvalue weighted by Crippen LogP contribution is 2.43. The van der Waals surface area contributed by atoms with Gasteiger partial charge in [-0.1, -0.05) is 135 Å². The molecule has 0 aliphatic heterocycles. The van der Waals surface area contributed by atoms with Gasteiger partial charge in [-0.15, -0.1) is 0 Å². The molecule has 0 aliphatic carbocycles. The maximum absolute atomic E-state index is 12.9. The SMILES string of the molecule is [3H]OC(C=CCCCCCCCCCCCCC)C(COP(=O)(O)OCC[N+](C)(C)C)NC(=O)CCCCCCCCCCCCC(=O)O. The van der Waals surface area contributed by atoms with Crippen LogP contribution in [0.1, 0.15) is 161 Å². The Hall–Kier alpha value is -1.29. The highest BCUT2D eigenvalue weighted by atomic mass is 31.2. The molecule has 0 heterocycles. The first-order valence-corrected chi connectivity index (χ1v) is 20.6. The number of carboxylic acids is 1. The number of aliphatic hydroxyl groups excluding tert-OH is 1. The lowest BCUT2D eigenvalue weighted by Crippen LogP contribution is -2.45. The number of allylic oxidation sites excluding steroid dienone is 1. The van der Waals surface area contributed by atoms with Crippen LogP contribution >= 0.6 is 7.82 Å². The molecule has 284 valence electrons. The summed E-state index contributed by atoms with van der Waals surface area (Å²) in [4.78, 5) is 33.7. The summed E-state index contributed by atoms with van der Waals surface area (Å²) in [6, 6.07) is -0.823. The minimum absolute atomic E-state index is 0.0400. The van der Waals surface area contributed by atoms with Crippen molar-refractivity contribution in [2.45, 2.75) is 173 Å². The summed E-state index contributed by atoms with van der Waals surface area (Å²) < 4.78 is 31.2. The number of hydrogen-bond donors (Lipinski definition) is 4. The van der Waals surface area contributed by atoms with E-state index in [1.165, 1.54) is 57.8 Å². The van der Waals surface area contributed by atoms with Crippen molar-refractivity contribution in [3.8, 4) is 0 Å². The van der Waals surface area contributed by atoms with Crippen LogP contribution in [0.2, 0.25) is 0 Å². The van der Waals surface area contributed by atoms with Gasteiger partial charge in [0.05, 0.1) is 39.9 Å². The first kappa shape index (κ1) is 44.7. The molecule has 4 N–H and O–H groups in total. The molecule has 0 radical (unpaired) electrons.